The lowest BCUT2D eigenvalue weighted by molar-refractivity contribution is 0.0697. The fraction of sp³-hybridized carbons (Fsp3) is 0.150. The zero-order chi connectivity index (χ0) is 19.2. The highest BCUT2D eigenvalue weighted by Gasteiger charge is 2.14. The van der Waals surface area contributed by atoms with Crippen molar-refractivity contribution in [2.75, 3.05) is 11.9 Å². The number of ether oxygens (including phenoxy) is 1. The second-order valence-electron chi connectivity index (χ2n) is 5.77. The fourth-order valence-corrected chi connectivity index (χ4v) is 2.56. The Hall–Kier alpha value is -3.61. The number of carbonyl (C=O) groups is 1. The summed E-state index contributed by atoms with van der Waals surface area (Å²) in [5, 5.41) is 16.2. The van der Waals surface area contributed by atoms with Crippen LogP contribution >= 0.6 is 0 Å². The van der Waals surface area contributed by atoms with Crippen molar-refractivity contribution in [3.63, 3.8) is 0 Å². The molecule has 0 unspecified atom stereocenters. The standard InChI is InChI=1S/C20H19N3O4/c1-2-27-17-12-21-23(13-14-6-4-3-5-7-14)19(24)18(17)22-16-10-8-15(9-11-16)20(25)26/h3-12,22H,2,13H2,1H3,(H,25,26). The van der Waals surface area contributed by atoms with E-state index in [4.69, 9.17) is 9.84 Å². The van der Waals surface area contributed by atoms with Gasteiger partial charge in [0.1, 0.15) is 0 Å². The number of hydrogen-bond acceptors (Lipinski definition) is 5. The van der Waals surface area contributed by atoms with Gasteiger partial charge in [-0.15, -0.1) is 0 Å². The lowest BCUT2D eigenvalue weighted by Gasteiger charge is -2.14. The van der Waals surface area contributed by atoms with Gasteiger partial charge < -0.3 is 15.2 Å². The molecular weight excluding hydrogens is 346 g/mol. The highest BCUT2D eigenvalue weighted by Crippen LogP contribution is 2.23. The monoisotopic (exact) mass is 365 g/mol. The molecule has 0 saturated heterocycles. The molecule has 3 rings (SSSR count). The predicted molar refractivity (Wildman–Crippen MR) is 102 cm³/mol. The second-order valence-corrected chi connectivity index (χ2v) is 5.77. The van der Waals surface area contributed by atoms with Gasteiger partial charge in [-0.3, -0.25) is 4.79 Å². The van der Waals surface area contributed by atoms with Crippen LogP contribution in [0.1, 0.15) is 22.8 Å². The zero-order valence-corrected chi connectivity index (χ0v) is 14.8. The number of carboxylic acid groups (broad SMARTS) is 1. The van der Waals surface area contributed by atoms with E-state index >= 15 is 0 Å². The van der Waals surface area contributed by atoms with Crippen LogP contribution in [0.15, 0.2) is 65.6 Å². The van der Waals surface area contributed by atoms with Crippen molar-refractivity contribution >= 4 is 17.3 Å². The molecule has 1 aromatic heterocycles. The van der Waals surface area contributed by atoms with Gasteiger partial charge in [0.25, 0.3) is 5.56 Å². The van der Waals surface area contributed by atoms with Crippen molar-refractivity contribution in [2.24, 2.45) is 0 Å². The Balaban J connectivity index is 1.94. The Morgan fingerprint density at radius 1 is 1.15 bits per heavy atom. The third-order valence-corrected chi connectivity index (χ3v) is 3.89. The molecule has 7 nitrogen and oxygen atoms in total. The molecule has 3 aromatic rings. The Kier molecular flexibility index (Phi) is 5.51. The molecule has 2 N–H and O–H groups in total. The maximum atomic E-state index is 12.9. The molecule has 0 spiro atoms. The Morgan fingerprint density at radius 3 is 2.48 bits per heavy atom. The molecule has 1 heterocycles. The van der Waals surface area contributed by atoms with Gasteiger partial charge in [0.2, 0.25) is 0 Å². The predicted octanol–water partition coefficient (Wildman–Crippen LogP) is 3.13. The molecule has 0 aliphatic heterocycles. The largest absolute Gasteiger partial charge is 0.490 e. The fourth-order valence-electron chi connectivity index (χ4n) is 2.56. The topological polar surface area (TPSA) is 93.5 Å². The molecule has 138 valence electrons. The average Bonchev–Trinajstić information content (AvgIpc) is 2.68. The van der Waals surface area contributed by atoms with Crippen LogP contribution in [-0.2, 0) is 6.54 Å². The first-order valence-corrected chi connectivity index (χ1v) is 8.45. The van der Waals surface area contributed by atoms with Crippen molar-refractivity contribution in [1.29, 1.82) is 0 Å². The summed E-state index contributed by atoms with van der Waals surface area (Å²) in [7, 11) is 0. The molecular formula is C20H19N3O4. The van der Waals surface area contributed by atoms with Crippen molar-refractivity contribution in [3.05, 3.63) is 82.3 Å². The Morgan fingerprint density at radius 2 is 1.85 bits per heavy atom. The Labute approximate surface area is 155 Å². The van der Waals surface area contributed by atoms with E-state index in [-0.39, 0.29) is 16.8 Å². The summed E-state index contributed by atoms with van der Waals surface area (Å²) in [6.45, 7) is 2.54. The van der Waals surface area contributed by atoms with E-state index in [0.29, 0.717) is 24.6 Å². The van der Waals surface area contributed by atoms with Gasteiger partial charge in [-0.25, -0.2) is 9.48 Å². The summed E-state index contributed by atoms with van der Waals surface area (Å²) in [6, 6.07) is 15.7. The van der Waals surface area contributed by atoms with Crippen LogP contribution in [0.5, 0.6) is 5.75 Å². The molecule has 0 saturated carbocycles. The maximum absolute atomic E-state index is 12.9. The first kappa shape index (κ1) is 18.2. The molecule has 27 heavy (non-hydrogen) atoms. The molecule has 0 aliphatic rings. The van der Waals surface area contributed by atoms with E-state index in [1.807, 2.05) is 37.3 Å². The number of carboxylic acids is 1. The van der Waals surface area contributed by atoms with Gasteiger partial charge in [0, 0.05) is 5.69 Å². The van der Waals surface area contributed by atoms with Gasteiger partial charge in [0.15, 0.2) is 11.4 Å². The summed E-state index contributed by atoms with van der Waals surface area (Å²) in [5.74, 6) is -0.667. The van der Waals surface area contributed by atoms with Crippen LogP contribution in [0.25, 0.3) is 0 Å². The normalized spacial score (nSPS) is 10.4. The highest BCUT2D eigenvalue weighted by atomic mass is 16.5. The molecule has 2 aromatic carbocycles. The quantitative estimate of drug-likeness (QED) is 0.668. The molecule has 0 fully saturated rings. The molecule has 0 amide bonds. The van der Waals surface area contributed by atoms with E-state index < -0.39 is 5.97 Å². The van der Waals surface area contributed by atoms with Gasteiger partial charge in [-0.05, 0) is 36.8 Å². The van der Waals surface area contributed by atoms with Crippen LogP contribution in [0, 0.1) is 0 Å². The first-order valence-electron chi connectivity index (χ1n) is 8.45. The molecule has 0 bridgehead atoms. The number of hydrogen-bond donors (Lipinski definition) is 2. The number of rotatable bonds is 7. The number of nitrogens with one attached hydrogen (secondary N) is 1. The van der Waals surface area contributed by atoms with E-state index in [1.54, 1.807) is 12.1 Å². The number of anilines is 2. The zero-order valence-electron chi connectivity index (χ0n) is 14.8. The first-order chi connectivity index (χ1) is 13.1. The van der Waals surface area contributed by atoms with Crippen LogP contribution in [-0.4, -0.2) is 27.5 Å². The number of benzene rings is 2. The highest BCUT2D eigenvalue weighted by molar-refractivity contribution is 5.88. The maximum Gasteiger partial charge on any atom is 0.335 e. The second kappa shape index (κ2) is 8.18. The summed E-state index contributed by atoms with van der Waals surface area (Å²) >= 11 is 0. The van der Waals surface area contributed by atoms with Crippen molar-refractivity contribution < 1.29 is 14.6 Å². The van der Waals surface area contributed by atoms with E-state index in [9.17, 15) is 9.59 Å². The van der Waals surface area contributed by atoms with Gasteiger partial charge in [0.05, 0.1) is 24.9 Å². The van der Waals surface area contributed by atoms with E-state index in [1.165, 1.54) is 23.0 Å². The number of aromatic carboxylic acids is 1. The molecule has 0 atom stereocenters. The van der Waals surface area contributed by atoms with E-state index in [0.717, 1.165) is 5.56 Å². The van der Waals surface area contributed by atoms with Crippen LogP contribution in [0.4, 0.5) is 11.4 Å². The minimum atomic E-state index is -1.01. The minimum absolute atomic E-state index is 0.168. The van der Waals surface area contributed by atoms with Crippen LogP contribution in [0.3, 0.4) is 0 Å². The van der Waals surface area contributed by atoms with Crippen molar-refractivity contribution in [2.45, 2.75) is 13.5 Å². The van der Waals surface area contributed by atoms with Crippen LogP contribution in [0.2, 0.25) is 0 Å². The molecule has 0 radical (unpaired) electrons. The third kappa shape index (κ3) is 4.33. The lowest BCUT2D eigenvalue weighted by atomic mass is 10.2. The Bertz CT molecular complexity index is 982. The number of aromatic nitrogens is 2. The lowest BCUT2D eigenvalue weighted by Crippen LogP contribution is -2.26. The SMILES string of the molecule is CCOc1cnn(Cc2ccccc2)c(=O)c1Nc1ccc(C(=O)O)cc1. The van der Waals surface area contributed by atoms with Crippen molar-refractivity contribution in [3.8, 4) is 5.75 Å². The number of nitrogens with zero attached hydrogens (tertiary/aromatic N) is 2. The van der Waals surface area contributed by atoms with Crippen molar-refractivity contribution in [1.82, 2.24) is 9.78 Å². The summed E-state index contributed by atoms with van der Waals surface area (Å²) < 4.78 is 6.88. The third-order valence-electron chi connectivity index (χ3n) is 3.89. The minimum Gasteiger partial charge on any atom is -0.490 e. The summed E-state index contributed by atoms with van der Waals surface area (Å²) in [6.07, 6.45) is 1.50. The van der Waals surface area contributed by atoms with Gasteiger partial charge in [-0.2, -0.15) is 5.10 Å². The van der Waals surface area contributed by atoms with Gasteiger partial charge >= 0.3 is 5.97 Å². The average molecular weight is 365 g/mol. The summed E-state index contributed by atoms with van der Waals surface area (Å²) in [5.41, 5.74) is 1.63. The molecule has 7 heteroatoms. The van der Waals surface area contributed by atoms with Gasteiger partial charge in [-0.1, -0.05) is 30.3 Å². The molecule has 0 aliphatic carbocycles. The van der Waals surface area contributed by atoms with E-state index in [2.05, 4.69) is 10.4 Å². The smallest absolute Gasteiger partial charge is 0.335 e. The summed E-state index contributed by atoms with van der Waals surface area (Å²) in [4.78, 5) is 23.9. The van der Waals surface area contributed by atoms with Crippen LogP contribution < -0.4 is 15.6 Å².